The zero-order chi connectivity index (χ0) is 12.8. The van der Waals surface area contributed by atoms with Gasteiger partial charge < -0.3 is 10.6 Å². The summed E-state index contributed by atoms with van der Waals surface area (Å²) in [6.45, 7) is 1.28. The Bertz CT molecular complexity index is 514. The third kappa shape index (κ3) is 4.04. The lowest BCUT2D eigenvalue weighted by atomic mass is 10.3. The molecule has 2 N–H and O–H groups in total. The number of hydrogen-bond acceptors (Lipinski definition) is 4. The minimum atomic E-state index is -0.215. The normalized spacial score (nSPS) is 9.74. The third-order valence-corrected chi connectivity index (χ3v) is 2.41. The molecule has 0 bridgehead atoms. The van der Waals surface area contributed by atoms with Crippen LogP contribution < -0.4 is 10.6 Å². The first kappa shape index (κ1) is 15.1. The molecular formula is C12H16ClN5O. The molecule has 1 aromatic heterocycles. The highest BCUT2D eigenvalue weighted by Gasteiger charge is 2.10. The predicted octanol–water partition coefficient (Wildman–Crippen LogP) is 0.638. The summed E-state index contributed by atoms with van der Waals surface area (Å²) in [5.41, 5.74) is 1.19. The van der Waals surface area contributed by atoms with E-state index in [1.807, 2.05) is 37.4 Å². The van der Waals surface area contributed by atoms with Crippen LogP contribution in [0.4, 0.5) is 0 Å². The lowest BCUT2D eigenvalue weighted by Gasteiger charge is -2.01. The SMILES string of the molecule is CNCCNC(=O)c1cn(-c2ccccc2)nn1.Cl. The second-order valence-electron chi connectivity index (χ2n) is 3.74. The van der Waals surface area contributed by atoms with Crippen LogP contribution in [0.15, 0.2) is 36.5 Å². The van der Waals surface area contributed by atoms with Crippen molar-refractivity contribution in [1.29, 1.82) is 0 Å². The van der Waals surface area contributed by atoms with Gasteiger partial charge in [-0.2, -0.15) is 0 Å². The predicted molar refractivity (Wildman–Crippen MR) is 74.9 cm³/mol. The molecular weight excluding hydrogens is 266 g/mol. The van der Waals surface area contributed by atoms with Gasteiger partial charge >= 0.3 is 0 Å². The number of benzene rings is 1. The number of amides is 1. The fraction of sp³-hybridized carbons (Fsp3) is 0.250. The fourth-order valence-corrected chi connectivity index (χ4v) is 1.47. The van der Waals surface area contributed by atoms with Crippen LogP contribution in [-0.4, -0.2) is 41.0 Å². The average molecular weight is 282 g/mol. The third-order valence-electron chi connectivity index (χ3n) is 2.41. The van der Waals surface area contributed by atoms with Crippen LogP contribution >= 0.6 is 12.4 Å². The Morgan fingerprint density at radius 1 is 1.26 bits per heavy atom. The summed E-state index contributed by atoms with van der Waals surface area (Å²) < 4.78 is 1.58. The number of rotatable bonds is 5. The van der Waals surface area contributed by atoms with E-state index in [2.05, 4.69) is 20.9 Å². The molecule has 0 saturated carbocycles. The number of nitrogens with one attached hydrogen (secondary N) is 2. The van der Waals surface area contributed by atoms with Crippen molar-refractivity contribution >= 4 is 18.3 Å². The maximum Gasteiger partial charge on any atom is 0.273 e. The first-order valence-corrected chi connectivity index (χ1v) is 5.72. The van der Waals surface area contributed by atoms with Gasteiger partial charge in [-0.25, -0.2) is 4.68 Å². The Morgan fingerprint density at radius 2 is 2.00 bits per heavy atom. The number of para-hydroxylation sites is 1. The summed E-state index contributed by atoms with van der Waals surface area (Å²) >= 11 is 0. The van der Waals surface area contributed by atoms with E-state index >= 15 is 0 Å². The van der Waals surface area contributed by atoms with Crippen molar-refractivity contribution in [3.05, 3.63) is 42.2 Å². The molecule has 19 heavy (non-hydrogen) atoms. The van der Waals surface area contributed by atoms with Gasteiger partial charge in [-0.1, -0.05) is 23.4 Å². The summed E-state index contributed by atoms with van der Waals surface area (Å²) in [6, 6.07) is 9.54. The molecule has 0 aliphatic carbocycles. The lowest BCUT2D eigenvalue weighted by molar-refractivity contribution is 0.0949. The molecule has 0 radical (unpaired) electrons. The summed E-state index contributed by atoms with van der Waals surface area (Å²) in [5, 5.41) is 13.5. The van der Waals surface area contributed by atoms with Crippen LogP contribution in [-0.2, 0) is 0 Å². The number of carbonyl (C=O) groups is 1. The van der Waals surface area contributed by atoms with Gasteiger partial charge in [0.15, 0.2) is 5.69 Å². The Balaban J connectivity index is 0.00000180. The van der Waals surface area contributed by atoms with Crippen LogP contribution in [0.3, 0.4) is 0 Å². The number of carbonyl (C=O) groups excluding carboxylic acids is 1. The van der Waals surface area contributed by atoms with Gasteiger partial charge in [-0.05, 0) is 19.2 Å². The van der Waals surface area contributed by atoms with Gasteiger partial charge in [0.05, 0.1) is 11.9 Å². The summed E-state index contributed by atoms with van der Waals surface area (Å²) in [6.07, 6.45) is 1.62. The lowest BCUT2D eigenvalue weighted by Crippen LogP contribution is -2.30. The molecule has 1 aromatic carbocycles. The van der Waals surface area contributed by atoms with Gasteiger partial charge in [0.2, 0.25) is 0 Å². The molecule has 0 spiro atoms. The van der Waals surface area contributed by atoms with Crippen LogP contribution in [0.25, 0.3) is 5.69 Å². The second kappa shape index (κ2) is 7.50. The Hall–Kier alpha value is -1.92. The maximum atomic E-state index is 11.7. The smallest absolute Gasteiger partial charge is 0.273 e. The molecule has 7 heteroatoms. The molecule has 1 heterocycles. The Labute approximate surface area is 117 Å². The van der Waals surface area contributed by atoms with Gasteiger partial charge in [0.25, 0.3) is 5.91 Å². The standard InChI is InChI=1S/C12H15N5O.ClH/c1-13-7-8-14-12(18)11-9-17(16-15-11)10-5-3-2-4-6-10;/h2-6,9,13H,7-8H2,1H3,(H,14,18);1H. The average Bonchev–Trinajstić information content (AvgIpc) is 2.89. The van der Waals surface area contributed by atoms with Crippen molar-refractivity contribution in [1.82, 2.24) is 25.6 Å². The molecule has 0 atom stereocenters. The zero-order valence-corrected chi connectivity index (χ0v) is 11.4. The highest BCUT2D eigenvalue weighted by atomic mass is 35.5. The molecule has 0 aliphatic heterocycles. The molecule has 0 saturated heterocycles. The van der Waals surface area contributed by atoms with Gasteiger partial charge in [-0.3, -0.25) is 4.79 Å². The van der Waals surface area contributed by atoms with E-state index in [0.29, 0.717) is 12.2 Å². The van der Waals surface area contributed by atoms with Gasteiger partial charge in [0.1, 0.15) is 0 Å². The molecule has 0 unspecified atom stereocenters. The molecule has 2 rings (SSSR count). The molecule has 1 amide bonds. The number of likely N-dealkylation sites (N-methyl/N-ethyl adjacent to an activating group) is 1. The monoisotopic (exact) mass is 281 g/mol. The maximum absolute atomic E-state index is 11.7. The van der Waals surface area contributed by atoms with Crippen LogP contribution in [0.5, 0.6) is 0 Å². The molecule has 0 fully saturated rings. The van der Waals surface area contributed by atoms with E-state index in [4.69, 9.17) is 0 Å². The van der Waals surface area contributed by atoms with E-state index in [0.717, 1.165) is 12.2 Å². The summed E-state index contributed by atoms with van der Waals surface area (Å²) in [4.78, 5) is 11.7. The second-order valence-corrected chi connectivity index (χ2v) is 3.74. The number of nitrogens with zero attached hydrogens (tertiary/aromatic N) is 3. The van der Waals surface area contributed by atoms with Gasteiger partial charge in [0, 0.05) is 13.1 Å². The number of aromatic nitrogens is 3. The highest BCUT2D eigenvalue weighted by molar-refractivity contribution is 5.91. The van der Waals surface area contributed by atoms with Crippen molar-refractivity contribution in [3.63, 3.8) is 0 Å². The van der Waals surface area contributed by atoms with Crippen LogP contribution in [0.2, 0.25) is 0 Å². The first-order valence-electron chi connectivity index (χ1n) is 5.72. The van der Waals surface area contributed by atoms with E-state index in [1.54, 1.807) is 10.9 Å². The number of halogens is 1. The van der Waals surface area contributed by atoms with Crippen LogP contribution in [0, 0.1) is 0 Å². The van der Waals surface area contributed by atoms with Crippen molar-refractivity contribution in [3.8, 4) is 5.69 Å². The van der Waals surface area contributed by atoms with E-state index in [9.17, 15) is 4.79 Å². The molecule has 6 nitrogen and oxygen atoms in total. The van der Waals surface area contributed by atoms with Crippen molar-refractivity contribution in [2.75, 3.05) is 20.1 Å². The summed E-state index contributed by atoms with van der Waals surface area (Å²) in [7, 11) is 1.83. The summed E-state index contributed by atoms with van der Waals surface area (Å²) in [5.74, 6) is -0.215. The Kier molecular flexibility index (Phi) is 5.98. The van der Waals surface area contributed by atoms with Gasteiger partial charge in [-0.15, -0.1) is 17.5 Å². The molecule has 0 aliphatic rings. The highest BCUT2D eigenvalue weighted by Crippen LogP contribution is 2.05. The number of hydrogen-bond donors (Lipinski definition) is 2. The van der Waals surface area contributed by atoms with Crippen LogP contribution in [0.1, 0.15) is 10.5 Å². The zero-order valence-electron chi connectivity index (χ0n) is 10.5. The van der Waals surface area contributed by atoms with E-state index in [1.165, 1.54) is 0 Å². The molecule has 2 aromatic rings. The molecule has 102 valence electrons. The topological polar surface area (TPSA) is 71.8 Å². The van der Waals surface area contributed by atoms with Crippen molar-refractivity contribution in [2.45, 2.75) is 0 Å². The largest absolute Gasteiger partial charge is 0.349 e. The minimum Gasteiger partial charge on any atom is -0.349 e. The van der Waals surface area contributed by atoms with E-state index in [-0.39, 0.29) is 18.3 Å². The minimum absolute atomic E-state index is 0. The van der Waals surface area contributed by atoms with Crippen molar-refractivity contribution in [2.24, 2.45) is 0 Å². The van der Waals surface area contributed by atoms with E-state index < -0.39 is 0 Å². The fourth-order valence-electron chi connectivity index (χ4n) is 1.47. The Morgan fingerprint density at radius 3 is 2.68 bits per heavy atom. The first-order chi connectivity index (χ1) is 8.81. The van der Waals surface area contributed by atoms with Crippen molar-refractivity contribution < 1.29 is 4.79 Å². The quantitative estimate of drug-likeness (QED) is 0.789.